The van der Waals surface area contributed by atoms with Crippen molar-refractivity contribution in [1.29, 1.82) is 0 Å². The summed E-state index contributed by atoms with van der Waals surface area (Å²) >= 11 is 2.22. The molecule has 2 heteroatoms. The summed E-state index contributed by atoms with van der Waals surface area (Å²) in [5, 5.41) is 0. The SMILES string of the molecule is Cc1cc(C)cc(C(=O)c2cccc(I)c2)c1. The molecule has 0 fully saturated rings. The number of aryl methyl sites for hydroxylation is 2. The van der Waals surface area contributed by atoms with E-state index in [1.54, 1.807) is 0 Å². The van der Waals surface area contributed by atoms with E-state index >= 15 is 0 Å². The lowest BCUT2D eigenvalue weighted by Gasteiger charge is -2.05. The quantitative estimate of drug-likeness (QED) is 0.595. The van der Waals surface area contributed by atoms with Crippen LogP contribution in [-0.2, 0) is 0 Å². The van der Waals surface area contributed by atoms with Crippen molar-refractivity contribution in [3.63, 3.8) is 0 Å². The minimum absolute atomic E-state index is 0.0929. The fraction of sp³-hybridized carbons (Fsp3) is 0.133. The van der Waals surface area contributed by atoms with E-state index in [0.29, 0.717) is 0 Å². The van der Waals surface area contributed by atoms with Gasteiger partial charge in [-0.3, -0.25) is 4.79 Å². The van der Waals surface area contributed by atoms with Gasteiger partial charge in [0.2, 0.25) is 0 Å². The third-order valence-electron chi connectivity index (χ3n) is 2.57. The summed E-state index contributed by atoms with van der Waals surface area (Å²) in [5.74, 6) is 0.0929. The van der Waals surface area contributed by atoms with E-state index in [1.807, 2.05) is 50.2 Å². The van der Waals surface area contributed by atoms with Crippen molar-refractivity contribution in [2.75, 3.05) is 0 Å². The summed E-state index contributed by atoms with van der Waals surface area (Å²) in [6.07, 6.45) is 0. The van der Waals surface area contributed by atoms with Gasteiger partial charge in [0.1, 0.15) is 0 Å². The van der Waals surface area contributed by atoms with Crippen LogP contribution in [0.3, 0.4) is 0 Å². The third-order valence-corrected chi connectivity index (χ3v) is 3.24. The number of hydrogen-bond donors (Lipinski definition) is 0. The number of halogens is 1. The molecule has 2 aromatic carbocycles. The van der Waals surface area contributed by atoms with E-state index in [1.165, 1.54) is 0 Å². The molecular formula is C15H13IO. The molecule has 0 N–H and O–H groups in total. The molecule has 1 nitrogen and oxygen atoms in total. The fourth-order valence-electron chi connectivity index (χ4n) is 1.90. The highest BCUT2D eigenvalue weighted by molar-refractivity contribution is 14.1. The zero-order valence-electron chi connectivity index (χ0n) is 9.83. The third kappa shape index (κ3) is 2.94. The zero-order chi connectivity index (χ0) is 12.4. The fourth-order valence-corrected chi connectivity index (χ4v) is 2.45. The second-order valence-corrected chi connectivity index (χ2v) is 5.46. The van der Waals surface area contributed by atoms with E-state index in [-0.39, 0.29) is 5.78 Å². The average Bonchev–Trinajstić information content (AvgIpc) is 2.26. The minimum Gasteiger partial charge on any atom is -0.289 e. The Labute approximate surface area is 115 Å². The lowest BCUT2D eigenvalue weighted by atomic mass is 10.00. The van der Waals surface area contributed by atoms with Gasteiger partial charge in [-0.25, -0.2) is 0 Å². The van der Waals surface area contributed by atoms with Gasteiger partial charge in [-0.15, -0.1) is 0 Å². The monoisotopic (exact) mass is 336 g/mol. The Morgan fingerprint density at radius 3 is 2.18 bits per heavy atom. The highest BCUT2D eigenvalue weighted by Gasteiger charge is 2.09. The molecule has 2 aromatic rings. The number of rotatable bonds is 2. The van der Waals surface area contributed by atoms with Crippen molar-refractivity contribution in [2.24, 2.45) is 0 Å². The van der Waals surface area contributed by atoms with Crippen molar-refractivity contribution >= 4 is 28.4 Å². The first-order valence-corrected chi connectivity index (χ1v) is 6.53. The largest absolute Gasteiger partial charge is 0.289 e. The molecule has 0 saturated carbocycles. The second kappa shape index (κ2) is 5.00. The Hall–Kier alpha value is -1.16. The van der Waals surface area contributed by atoms with Gasteiger partial charge in [0.15, 0.2) is 5.78 Å². The molecule has 0 spiro atoms. The van der Waals surface area contributed by atoms with E-state index in [4.69, 9.17) is 0 Å². The van der Waals surface area contributed by atoms with Gasteiger partial charge in [-0.05, 0) is 60.7 Å². The summed E-state index contributed by atoms with van der Waals surface area (Å²) in [6.45, 7) is 4.02. The van der Waals surface area contributed by atoms with Gasteiger partial charge >= 0.3 is 0 Å². The number of carbonyl (C=O) groups is 1. The van der Waals surface area contributed by atoms with Crippen molar-refractivity contribution in [3.05, 3.63) is 68.3 Å². The van der Waals surface area contributed by atoms with E-state index in [2.05, 4.69) is 28.7 Å². The molecule has 0 bridgehead atoms. The molecule has 0 aliphatic heterocycles. The molecular weight excluding hydrogens is 323 g/mol. The van der Waals surface area contributed by atoms with Crippen molar-refractivity contribution in [1.82, 2.24) is 0 Å². The van der Waals surface area contributed by atoms with Gasteiger partial charge in [-0.1, -0.05) is 29.3 Å². The normalized spacial score (nSPS) is 10.3. The molecule has 0 saturated heterocycles. The molecule has 0 aliphatic carbocycles. The Kier molecular flexibility index (Phi) is 3.62. The predicted molar refractivity (Wildman–Crippen MR) is 78.5 cm³/mol. The Bertz CT molecular complexity index is 553. The smallest absolute Gasteiger partial charge is 0.193 e. The standard InChI is InChI=1S/C15H13IO/c1-10-6-11(2)8-13(7-10)15(17)12-4-3-5-14(16)9-12/h3-9H,1-2H3. The molecule has 0 atom stereocenters. The van der Waals surface area contributed by atoms with Crippen LogP contribution in [0.4, 0.5) is 0 Å². The molecule has 0 radical (unpaired) electrons. The molecule has 0 unspecified atom stereocenters. The molecule has 86 valence electrons. The van der Waals surface area contributed by atoms with E-state index in [0.717, 1.165) is 25.8 Å². The van der Waals surface area contributed by atoms with E-state index < -0.39 is 0 Å². The van der Waals surface area contributed by atoms with Gasteiger partial charge in [-0.2, -0.15) is 0 Å². The van der Waals surface area contributed by atoms with Crippen LogP contribution in [0.25, 0.3) is 0 Å². The molecule has 0 amide bonds. The lowest BCUT2D eigenvalue weighted by molar-refractivity contribution is 0.103. The van der Waals surface area contributed by atoms with Crippen molar-refractivity contribution in [2.45, 2.75) is 13.8 Å². The Morgan fingerprint density at radius 2 is 1.59 bits per heavy atom. The van der Waals surface area contributed by atoms with Crippen molar-refractivity contribution < 1.29 is 4.79 Å². The van der Waals surface area contributed by atoms with Gasteiger partial charge in [0.05, 0.1) is 0 Å². The predicted octanol–water partition coefficient (Wildman–Crippen LogP) is 4.14. The number of carbonyl (C=O) groups excluding carboxylic acids is 1. The van der Waals surface area contributed by atoms with Crippen LogP contribution in [0.15, 0.2) is 42.5 Å². The maximum absolute atomic E-state index is 12.3. The highest BCUT2D eigenvalue weighted by Crippen LogP contribution is 2.15. The molecule has 0 aliphatic rings. The second-order valence-electron chi connectivity index (χ2n) is 4.22. The summed E-state index contributed by atoms with van der Waals surface area (Å²) in [7, 11) is 0. The van der Waals surface area contributed by atoms with Crippen LogP contribution in [0.1, 0.15) is 27.0 Å². The molecule has 2 rings (SSSR count). The van der Waals surface area contributed by atoms with Crippen molar-refractivity contribution in [3.8, 4) is 0 Å². The van der Waals surface area contributed by atoms with Crippen LogP contribution in [0.2, 0.25) is 0 Å². The minimum atomic E-state index is 0.0929. The highest BCUT2D eigenvalue weighted by atomic mass is 127. The summed E-state index contributed by atoms with van der Waals surface area (Å²) < 4.78 is 1.08. The Balaban J connectivity index is 2.43. The molecule has 0 heterocycles. The summed E-state index contributed by atoms with van der Waals surface area (Å²) in [6, 6.07) is 13.6. The topological polar surface area (TPSA) is 17.1 Å². The van der Waals surface area contributed by atoms with Gasteiger partial charge in [0, 0.05) is 14.7 Å². The van der Waals surface area contributed by atoms with Crippen LogP contribution in [0.5, 0.6) is 0 Å². The lowest BCUT2D eigenvalue weighted by Crippen LogP contribution is -2.02. The van der Waals surface area contributed by atoms with Crippen LogP contribution in [0, 0.1) is 17.4 Å². The number of ketones is 1. The van der Waals surface area contributed by atoms with Crippen LogP contribution < -0.4 is 0 Å². The first-order valence-electron chi connectivity index (χ1n) is 5.45. The van der Waals surface area contributed by atoms with E-state index in [9.17, 15) is 4.79 Å². The number of hydrogen-bond acceptors (Lipinski definition) is 1. The molecule has 0 aromatic heterocycles. The maximum atomic E-state index is 12.3. The maximum Gasteiger partial charge on any atom is 0.193 e. The summed E-state index contributed by atoms with van der Waals surface area (Å²) in [5.41, 5.74) is 3.77. The van der Waals surface area contributed by atoms with Crippen LogP contribution in [-0.4, -0.2) is 5.78 Å². The first kappa shape index (κ1) is 12.3. The average molecular weight is 336 g/mol. The van der Waals surface area contributed by atoms with Gasteiger partial charge in [0.25, 0.3) is 0 Å². The van der Waals surface area contributed by atoms with Crippen LogP contribution >= 0.6 is 22.6 Å². The number of benzene rings is 2. The van der Waals surface area contributed by atoms with Gasteiger partial charge < -0.3 is 0 Å². The Morgan fingerprint density at radius 1 is 0.941 bits per heavy atom. The summed E-state index contributed by atoms with van der Waals surface area (Å²) in [4.78, 5) is 12.3. The molecule has 17 heavy (non-hydrogen) atoms. The zero-order valence-corrected chi connectivity index (χ0v) is 12.0. The first-order chi connectivity index (χ1) is 8.06.